The van der Waals surface area contributed by atoms with Crippen LogP contribution >= 0.6 is 0 Å². The van der Waals surface area contributed by atoms with Gasteiger partial charge in [0.25, 0.3) is 0 Å². The molecule has 0 saturated heterocycles. The fraction of sp³-hybridized carbons (Fsp3) is 0.667. The number of ether oxygens (including phenoxy) is 2. The first-order valence-electron chi connectivity index (χ1n) is 5.92. The molecule has 0 fully saturated rings. The topological polar surface area (TPSA) is 56.3 Å². The van der Waals surface area contributed by atoms with Gasteiger partial charge in [0.1, 0.15) is 12.1 Å². The number of nitrogens with zero attached hydrogens (tertiary/aromatic N) is 2. The highest BCUT2D eigenvalue weighted by atomic mass is 16.5. The normalized spacial score (nSPS) is 12.2. The minimum Gasteiger partial charge on any atom is -0.478 e. The summed E-state index contributed by atoms with van der Waals surface area (Å²) in [5.41, 5.74) is 0.934. The molecule has 17 heavy (non-hydrogen) atoms. The Balaban J connectivity index is 2.79. The molecule has 1 heterocycles. The highest BCUT2D eigenvalue weighted by molar-refractivity contribution is 5.48. The molecule has 1 atom stereocenters. The van der Waals surface area contributed by atoms with Crippen molar-refractivity contribution in [3.63, 3.8) is 0 Å². The van der Waals surface area contributed by atoms with Crippen molar-refractivity contribution in [1.29, 1.82) is 0 Å². The molecule has 0 radical (unpaired) electrons. The third-order valence-corrected chi connectivity index (χ3v) is 2.52. The molecule has 0 aromatic carbocycles. The number of nitrogens with one attached hydrogen (secondary N) is 1. The number of hydrogen-bond donors (Lipinski definition) is 1. The van der Waals surface area contributed by atoms with Gasteiger partial charge in [-0.15, -0.1) is 0 Å². The second kappa shape index (κ2) is 7.06. The highest BCUT2D eigenvalue weighted by Crippen LogP contribution is 2.21. The standard InChI is InChI=1S/C12H21N3O2/c1-5-10(7-16-4)15-11-9(3)12(17-6-2)14-8-13-11/h8,10H,5-7H2,1-4H3,(H,13,14,15). The SMILES string of the molecule is CCOc1ncnc(NC(CC)COC)c1C. The summed E-state index contributed by atoms with van der Waals surface area (Å²) in [7, 11) is 1.70. The van der Waals surface area contributed by atoms with Crippen molar-refractivity contribution in [2.75, 3.05) is 25.6 Å². The largest absolute Gasteiger partial charge is 0.478 e. The van der Waals surface area contributed by atoms with E-state index in [0.717, 1.165) is 17.8 Å². The third-order valence-electron chi connectivity index (χ3n) is 2.52. The lowest BCUT2D eigenvalue weighted by atomic mass is 10.2. The first-order chi connectivity index (χ1) is 8.22. The lowest BCUT2D eigenvalue weighted by Gasteiger charge is -2.18. The van der Waals surface area contributed by atoms with E-state index >= 15 is 0 Å². The second-order valence-electron chi connectivity index (χ2n) is 3.79. The van der Waals surface area contributed by atoms with Crippen LogP contribution in [0.1, 0.15) is 25.8 Å². The van der Waals surface area contributed by atoms with E-state index in [4.69, 9.17) is 9.47 Å². The van der Waals surface area contributed by atoms with E-state index in [-0.39, 0.29) is 6.04 Å². The average Bonchev–Trinajstić information content (AvgIpc) is 2.33. The van der Waals surface area contributed by atoms with Gasteiger partial charge in [0.15, 0.2) is 0 Å². The smallest absolute Gasteiger partial charge is 0.221 e. The van der Waals surface area contributed by atoms with Crippen molar-refractivity contribution in [3.8, 4) is 5.88 Å². The quantitative estimate of drug-likeness (QED) is 0.789. The van der Waals surface area contributed by atoms with Crippen molar-refractivity contribution in [1.82, 2.24) is 9.97 Å². The van der Waals surface area contributed by atoms with Gasteiger partial charge < -0.3 is 14.8 Å². The number of methoxy groups -OCH3 is 1. The Labute approximate surface area is 103 Å². The van der Waals surface area contributed by atoms with Gasteiger partial charge in [-0.05, 0) is 20.3 Å². The zero-order valence-corrected chi connectivity index (χ0v) is 11.0. The molecule has 0 spiro atoms. The molecular weight excluding hydrogens is 218 g/mol. The Bertz CT molecular complexity index is 345. The van der Waals surface area contributed by atoms with Crippen LogP contribution in [0.15, 0.2) is 6.33 Å². The number of anilines is 1. The zero-order chi connectivity index (χ0) is 12.7. The van der Waals surface area contributed by atoms with Crippen molar-refractivity contribution in [2.45, 2.75) is 33.2 Å². The maximum Gasteiger partial charge on any atom is 0.221 e. The fourth-order valence-electron chi connectivity index (χ4n) is 1.52. The maximum atomic E-state index is 5.43. The predicted octanol–water partition coefficient (Wildman–Crippen LogP) is 2.02. The van der Waals surface area contributed by atoms with Gasteiger partial charge in [0, 0.05) is 7.11 Å². The summed E-state index contributed by atoms with van der Waals surface area (Å²) in [4.78, 5) is 8.34. The number of hydrogen-bond acceptors (Lipinski definition) is 5. The number of aromatic nitrogens is 2. The van der Waals surface area contributed by atoms with Crippen LogP contribution in [0.4, 0.5) is 5.82 Å². The average molecular weight is 239 g/mol. The molecule has 5 heteroatoms. The van der Waals surface area contributed by atoms with E-state index in [2.05, 4.69) is 22.2 Å². The summed E-state index contributed by atoms with van der Waals surface area (Å²) in [6, 6.07) is 0.253. The molecule has 5 nitrogen and oxygen atoms in total. The maximum absolute atomic E-state index is 5.43. The van der Waals surface area contributed by atoms with Crippen LogP contribution in [0.5, 0.6) is 5.88 Å². The van der Waals surface area contributed by atoms with Gasteiger partial charge in [-0.1, -0.05) is 6.92 Å². The van der Waals surface area contributed by atoms with Gasteiger partial charge >= 0.3 is 0 Å². The molecule has 0 aliphatic rings. The summed E-state index contributed by atoms with van der Waals surface area (Å²) in [6.45, 7) is 7.26. The molecule has 96 valence electrons. The minimum atomic E-state index is 0.253. The van der Waals surface area contributed by atoms with E-state index in [1.54, 1.807) is 7.11 Å². The molecule has 1 aromatic heterocycles. The van der Waals surface area contributed by atoms with Gasteiger partial charge in [-0.25, -0.2) is 9.97 Å². The Morgan fingerprint density at radius 1 is 1.35 bits per heavy atom. The fourth-order valence-corrected chi connectivity index (χ4v) is 1.52. The van der Waals surface area contributed by atoms with Gasteiger partial charge in [0.05, 0.1) is 24.8 Å². The summed E-state index contributed by atoms with van der Waals surface area (Å²) >= 11 is 0. The summed E-state index contributed by atoms with van der Waals surface area (Å²) in [6.07, 6.45) is 2.49. The zero-order valence-electron chi connectivity index (χ0n) is 11.0. The Morgan fingerprint density at radius 2 is 2.12 bits per heavy atom. The Morgan fingerprint density at radius 3 is 2.71 bits per heavy atom. The van der Waals surface area contributed by atoms with Gasteiger partial charge in [0.2, 0.25) is 5.88 Å². The molecule has 0 amide bonds. The Hall–Kier alpha value is -1.36. The van der Waals surface area contributed by atoms with Crippen LogP contribution in [0, 0.1) is 6.92 Å². The van der Waals surface area contributed by atoms with Crippen molar-refractivity contribution in [2.24, 2.45) is 0 Å². The van der Waals surface area contributed by atoms with Crippen LogP contribution in [-0.2, 0) is 4.74 Å². The van der Waals surface area contributed by atoms with Gasteiger partial charge in [-0.3, -0.25) is 0 Å². The predicted molar refractivity (Wildman–Crippen MR) is 67.5 cm³/mol. The Kier molecular flexibility index (Phi) is 5.69. The van der Waals surface area contributed by atoms with Crippen molar-refractivity contribution < 1.29 is 9.47 Å². The first kappa shape index (κ1) is 13.7. The van der Waals surface area contributed by atoms with Crippen molar-refractivity contribution >= 4 is 5.82 Å². The summed E-state index contributed by atoms with van der Waals surface area (Å²) in [5, 5.41) is 3.34. The van der Waals surface area contributed by atoms with E-state index in [1.165, 1.54) is 6.33 Å². The molecule has 1 aromatic rings. The third kappa shape index (κ3) is 3.85. The van der Waals surface area contributed by atoms with Crippen LogP contribution in [0.3, 0.4) is 0 Å². The highest BCUT2D eigenvalue weighted by Gasteiger charge is 2.11. The molecule has 0 bridgehead atoms. The van der Waals surface area contributed by atoms with E-state index < -0.39 is 0 Å². The molecule has 0 aliphatic heterocycles. The minimum absolute atomic E-state index is 0.253. The van der Waals surface area contributed by atoms with Gasteiger partial charge in [-0.2, -0.15) is 0 Å². The molecule has 1 unspecified atom stereocenters. The lowest BCUT2D eigenvalue weighted by Crippen LogP contribution is -2.25. The monoisotopic (exact) mass is 239 g/mol. The van der Waals surface area contributed by atoms with Crippen LogP contribution in [0.2, 0.25) is 0 Å². The molecule has 1 rings (SSSR count). The van der Waals surface area contributed by atoms with E-state index in [0.29, 0.717) is 19.1 Å². The number of rotatable bonds is 7. The molecule has 0 saturated carbocycles. The molecule has 0 aliphatic carbocycles. The first-order valence-corrected chi connectivity index (χ1v) is 5.92. The molecular formula is C12H21N3O2. The summed E-state index contributed by atoms with van der Waals surface area (Å²) < 4.78 is 10.6. The van der Waals surface area contributed by atoms with Crippen molar-refractivity contribution in [3.05, 3.63) is 11.9 Å². The lowest BCUT2D eigenvalue weighted by molar-refractivity contribution is 0.184. The van der Waals surface area contributed by atoms with E-state index in [9.17, 15) is 0 Å². The van der Waals surface area contributed by atoms with E-state index in [1.807, 2.05) is 13.8 Å². The van der Waals surface area contributed by atoms with Crippen LogP contribution in [-0.4, -0.2) is 36.3 Å². The molecule has 1 N–H and O–H groups in total. The summed E-state index contributed by atoms with van der Waals surface area (Å²) in [5.74, 6) is 1.45. The second-order valence-corrected chi connectivity index (χ2v) is 3.79. The van der Waals surface area contributed by atoms with Crippen LogP contribution in [0.25, 0.3) is 0 Å². The van der Waals surface area contributed by atoms with Crippen LogP contribution < -0.4 is 10.1 Å².